The smallest absolute Gasteiger partial charge is 0.272 e. The Labute approximate surface area is 111 Å². The molecule has 19 heavy (non-hydrogen) atoms. The predicted molar refractivity (Wildman–Crippen MR) is 72.1 cm³/mol. The van der Waals surface area contributed by atoms with Gasteiger partial charge in [0, 0.05) is 18.4 Å². The van der Waals surface area contributed by atoms with Crippen molar-refractivity contribution in [2.45, 2.75) is 18.9 Å². The second-order valence-corrected chi connectivity index (χ2v) is 4.72. The molecule has 0 unspecified atom stereocenters. The number of nitrogens with zero attached hydrogens (tertiary/aromatic N) is 2. The van der Waals surface area contributed by atoms with Gasteiger partial charge in [-0.2, -0.15) is 5.10 Å². The fourth-order valence-corrected chi connectivity index (χ4v) is 2.50. The third-order valence-electron chi connectivity index (χ3n) is 3.47. The molecule has 100 valence electrons. The van der Waals surface area contributed by atoms with Crippen molar-refractivity contribution in [1.29, 1.82) is 0 Å². The lowest BCUT2D eigenvalue weighted by Crippen LogP contribution is -2.31. The van der Waals surface area contributed by atoms with Gasteiger partial charge in [0.1, 0.15) is 5.69 Å². The Morgan fingerprint density at radius 3 is 3.00 bits per heavy atom. The first-order valence-corrected chi connectivity index (χ1v) is 6.52. The van der Waals surface area contributed by atoms with Crippen LogP contribution in [0, 0.1) is 0 Å². The third kappa shape index (κ3) is 2.53. The van der Waals surface area contributed by atoms with E-state index in [9.17, 15) is 4.79 Å². The Morgan fingerprint density at radius 2 is 2.26 bits per heavy atom. The van der Waals surface area contributed by atoms with Crippen molar-refractivity contribution in [1.82, 2.24) is 20.1 Å². The summed E-state index contributed by atoms with van der Waals surface area (Å²) in [7, 11) is 0. The maximum absolute atomic E-state index is 12.2. The van der Waals surface area contributed by atoms with Crippen molar-refractivity contribution in [3.63, 3.8) is 0 Å². The van der Waals surface area contributed by atoms with E-state index in [1.54, 1.807) is 12.4 Å². The highest BCUT2D eigenvalue weighted by Gasteiger charge is 2.19. The van der Waals surface area contributed by atoms with Crippen molar-refractivity contribution in [3.8, 4) is 0 Å². The quantitative estimate of drug-likeness (QED) is 0.779. The molecule has 0 radical (unpaired) electrons. The van der Waals surface area contributed by atoms with Crippen LogP contribution >= 0.6 is 0 Å². The SMILES string of the molecule is O=C(Nc1cn[nH]c1)c1cccn1C1CCNCC1. The molecule has 1 aliphatic rings. The summed E-state index contributed by atoms with van der Waals surface area (Å²) in [5.74, 6) is -0.0927. The molecule has 3 rings (SSSR count). The molecule has 6 heteroatoms. The van der Waals surface area contributed by atoms with Crippen LogP contribution in [0.4, 0.5) is 5.69 Å². The van der Waals surface area contributed by atoms with E-state index in [0.29, 0.717) is 17.4 Å². The van der Waals surface area contributed by atoms with Crippen LogP contribution in [0.25, 0.3) is 0 Å². The second-order valence-electron chi connectivity index (χ2n) is 4.72. The van der Waals surface area contributed by atoms with E-state index in [2.05, 4.69) is 25.4 Å². The Bertz CT molecular complexity index is 539. The number of rotatable bonds is 3. The van der Waals surface area contributed by atoms with Crippen LogP contribution in [0.3, 0.4) is 0 Å². The number of anilines is 1. The number of nitrogens with one attached hydrogen (secondary N) is 3. The fraction of sp³-hybridized carbons (Fsp3) is 0.385. The summed E-state index contributed by atoms with van der Waals surface area (Å²) in [6.07, 6.45) is 7.35. The summed E-state index contributed by atoms with van der Waals surface area (Å²) >= 11 is 0. The highest BCUT2D eigenvalue weighted by atomic mass is 16.2. The first-order valence-electron chi connectivity index (χ1n) is 6.52. The molecule has 1 fully saturated rings. The number of hydrogen-bond donors (Lipinski definition) is 3. The van der Waals surface area contributed by atoms with Crippen LogP contribution in [0.1, 0.15) is 29.4 Å². The summed E-state index contributed by atoms with van der Waals surface area (Å²) in [5, 5.41) is 12.7. The zero-order chi connectivity index (χ0) is 13.1. The molecule has 0 saturated carbocycles. The first-order chi connectivity index (χ1) is 9.34. The number of piperidine rings is 1. The molecule has 3 N–H and O–H groups in total. The fourth-order valence-electron chi connectivity index (χ4n) is 2.50. The van der Waals surface area contributed by atoms with Crippen molar-refractivity contribution in [2.24, 2.45) is 0 Å². The lowest BCUT2D eigenvalue weighted by Gasteiger charge is -2.25. The first kappa shape index (κ1) is 12.0. The largest absolute Gasteiger partial charge is 0.340 e. The van der Waals surface area contributed by atoms with E-state index < -0.39 is 0 Å². The Morgan fingerprint density at radius 1 is 1.42 bits per heavy atom. The van der Waals surface area contributed by atoms with Gasteiger partial charge in [-0.3, -0.25) is 9.89 Å². The minimum atomic E-state index is -0.0927. The molecule has 1 saturated heterocycles. The highest BCUT2D eigenvalue weighted by molar-refractivity contribution is 6.03. The number of carbonyl (C=O) groups excluding carboxylic acids is 1. The second kappa shape index (κ2) is 5.27. The van der Waals surface area contributed by atoms with Crippen LogP contribution in [-0.2, 0) is 0 Å². The zero-order valence-electron chi connectivity index (χ0n) is 10.6. The summed E-state index contributed by atoms with van der Waals surface area (Å²) in [6.45, 7) is 2.01. The molecule has 0 aliphatic carbocycles. The van der Waals surface area contributed by atoms with Crippen molar-refractivity contribution in [2.75, 3.05) is 18.4 Å². The molecule has 6 nitrogen and oxygen atoms in total. The van der Waals surface area contributed by atoms with E-state index in [1.165, 1.54) is 0 Å². The van der Waals surface area contributed by atoms with Crippen LogP contribution in [-0.4, -0.2) is 33.8 Å². The highest BCUT2D eigenvalue weighted by Crippen LogP contribution is 2.21. The molecule has 3 heterocycles. The van der Waals surface area contributed by atoms with E-state index >= 15 is 0 Å². The molecular formula is C13H17N5O. The number of aromatic nitrogens is 3. The topological polar surface area (TPSA) is 74.7 Å². The van der Waals surface area contributed by atoms with Crippen LogP contribution in [0.5, 0.6) is 0 Å². The Kier molecular flexibility index (Phi) is 3.33. The molecule has 1 aliphatic heterocycles. The maximum atomic E-state index is 12.2. The summed E-state index contributed by atoms with van der Waals surface area (Å²) in [6, 6.07) is 4.19. The lowest BCUT2D eigenvalue weighted by molar-refractivity contribution is 0.101. The van der Waals surface area contributed by atoms with E-state index in [1.807, 2.05) is 18.3 Å². The van der Waals surface area contributed by atoms with Gasteiger partial charge in [0.05, 0.1) is 11.9 Å². The number of hydrogen-bond acceptors (Lipinski definition) is 3. The summed E-state index contributed by atoms with van der Waals surface area (Å²) < 4.78 is 2.08. The van der Waals surface area contributed by atoms with Gasteiger partial charge in [-0.15, -0.1) is 0 Å². The molecule has 1 amide bonds. The van der Waals surface area contributed by atoms with E-state index in [-0.39, 0.29) is 5.91 Å². The molecule has 0 atom stereocenters. The average Bonchev–Trinajstić information content (AvgIpc) is 3.10. The molecule has 0 aromatic carbocycles. The van der Waals surface area contributed by atoms with Gasteiger partial charge in [-0.1, -0.05) is 0 Å². The number of amides is 1. The van der Waals surface area contributed by atoms with Gasteiger partial charge in [0.15, 0.2) is 0 Å². The Balaban J connectivity index is 1.77. The van der Waals surface area contributed by atoms with Crippen LogP contribution < -0.4 is 10.6 Å². The van der Waals surface area contributed by atoms with Gasteiger partial charge >= 0.3 is 0 Å². The number of carbonyl (C=O) groups is 1. The van der Waals surface area contributed by atoms with Crippen molar-refractivity contribution < 1.29 is 4.79 Å². The van der Waals surface area contributed by atoms with Crippen molar-refractivity contribution in [3.05, 3.63) is 36.4 Å². The lowest BCUT2D eigenvalue weighted by atomic mass is 10.1. The zero-order valence-corrected chi connectivity index (χ0v) is 10.6. The van der Waals surface area contributed by atoms with Crippen molar-refractivity contribution >= 4 is 11.6 Å². The molecule has 0 spiro atoms. The van der Waals surface area contributed by atoms with Gasteiger partial charge in [-0.25, -0.2) is 0 Å². The minimum absolute atomic E-state index is 0.0927. The Hall–Kier alpha value is -2.08. The van der Waals surface area contributed by atoms with Gasteiger partial charge in [-0.05, 0) is 38.1 Å². The van der Waals surface area contributed by atoms with E-state index in [0.717, 1.165) is 25.9 Å². The normalized spacial score (nSPS) is 16.4. The average molecular weight is 259 g/mol. The number of H-pyrrole nitrogens is 1. The van der Waals surface area contributed by atoms with Gasteiger partial charge < -0.3 is 15.2 Å². The molecule has 0 bridgehead atoms. The number of aromatic amines is 1. The molecule has 2 aromatic rings. The van der Waals surface area contributed by atoms with E-state index in [4.69, 9.17) is 0 Å². The standard InChI is InChI=1S/C13H17N5O/c19-13(17-10-8-15-16-9-10)12-2-1-7-18(12)11-3-5-14-6-4-11/h1-2,7-9,11,14H,3-6H2,(H,15,16)(H,17,19). The maximum Gasteiger partial charge on any atom is 0.272 e. The minimum Gasteiger partial charge on any atom is -0.340 e. The summed E-state index contributed by atoms with van der Waals surface area (Å²) in [5.41, 5.74) is 1.39. The van der Waals surface area contributed by atoms with Gasteiger partial charge in [0.2, 0.25) is 0 Å². The monoisotopic (exact) mass is 259 g/mol. The third-order valence-corrected chi connectivity index (χ3v) is 3.47. The molecular weight excluding hydrogens is 242 g/mol. The van der Waals surface area contributed by atoms with Gasteiger partial charge in [0.25, 0.3) is 5.91 Å². The molecule has 2 aromatic heterocycles. The van der Waals surface area contributed by atoms with Crippen LogP contribution in [0.2, 0.25) is 0 Å². The van der Waals surface area contributed by atoms with Crippen LogP contribution in [0.15, 0.2) is 30.7 Å². The predicted octanol–water partition coefficient (Wildman–Crippen LogP) is 1.39. The summed E-state index contributed by atoms with van der Waals surface area (Å²) in [4.78, 5) is 12.2.